The highest BCUT2D eigenvalue weighted by atomic mass is 35.5. The molecule has 1 atom stereocenters. The lowest BCUT2D eigenvalue weighted by Crippen LogP contribution is -2.28. The fraction of sp³-hybridized carbons (Fsp3) is 0.500. The summed E-state index contributed by atoms with van der Waals surface area (Å²) >= 11 is 7.30. The van der Waals surface area contributed by atoms with Gasteiger partial charge in [0.1, 0.15) is 11.6 Å². The number of carbonyl (C=O) groups is 2. The van der Waals surface area contributed by atoms with Crippen LogP contribution in [0.4, 0.5) is 4.39 Å². The van der Waals surface area contributed by atoms with E-state index in [1.165, 1.54) is 28.8 Å². The predicted molar refractivity (Wildman–Crippen MR) is 115 cm³/mol. The number of nitrogens with zero attached hydrogens (tertiary/aromatic N) is 4. The third kappa shape index (κ3) is 6.41. The normalized spacial score (nSPS) is 15.9. The van der Waals surface area contributed by atoms with Crippen LogP contribution < -0.4 is 5.73 Å². The molecule has 31 heavy (non-hydrogen) atoms. The van der Waals surface area contributed by atoms with Gasteiger partial charge in [-0.3, -0.25) is 9.59 Å². The Morgan fingerprint density at radius 3 is 2.90 bits per heavy atom. The van der Waals surface area contributed by atoms with Gasteiger partial charge >= 0.3 is 0 Å². The summed E-state index contributed by atoms with van der Waals surface area (Å²) in [6.07, 6.45) is 2.51. The number of carbonyl (C=O) groups excluding carboxylic acids is 2. The van der Waals surface area contributed by atoms with Crippen molar-refractivity contribution in [2.24, 2.45) is 5.73 Å². The molecule has 168 valence electrons. The smallest absolute Gasteiger partial charge is 0.233 e. The largest absolute Gasteiger partial charge is 0.376 e. The van der Waals surface area contributed by atoms with Crippen LogP contribution in [0.5, 0.6) is 0 Å². The van der Waals surface area contributed by atoms with Gasteiger partial charge in [0.25, 0.3) is 0 Å². The van der Waals surface area contributed by atoms with Crippen molar-refractivity contribution in [1.82, 2.24) is 19.7 Å². The molecule has 2 amide bonds. The van der Waals surface area contributed by atoms with Gasteiger partial charge < -0.3 is 19.9 Å². The topological polar surface area (TPSA) is 103 Å². The minimum atomic E-state index is -0.449. The number of nitrogens with two attached hydrogens (primary N) is 1. The fourth-order valence-electron chi connectivity index (χ4n) is 3.27. The highest BCUT2D eigenvalue weighted by Crippen LogP contribution is 2.24. The lowest BCUT2D eigenvalue weighted by molar-refractivity contribution is -0.127. The number of aryl methyl sites for hydroxylation is 1. The fourth-order valence-corrected chi connectivity index (χ4v) is 4.40. The van der Waals surface area contributed by atoms with Crippen LogP contribution in [0.2, 0.25) is 5.02 Å². The number of amides is 2. The first kappa shape index (κ1) is 23.5. The van der Waals surface area contributed by atoms with Crippen molar-refractivity contribution in [3.05, 3.63) is 40.4 Å². The van der Waals surface area contributed by atoms with Gasteiger partial charge in [0.05, 0.1) is 18.4 Å². The van der Waals surface area contributed by atoms with Crippen LogP contribution >= 0.6 is 23.4 Å². The van der Waals surface area contributed by atoms with E-state index in [4.69, 9.17) is 22.1 Å². The number of hydrogen-bond donors (Lipinski definition) is 1. The number of ether oxygens (including phenoxy) is 1. The molecule has 1 aliphatic heterocycles. The SMILES string of the molecule is CN(Cc1c(F)cccc1Cl)C(=O)CSc1nnc(CCC(N)=O)n1C[C@H]1CCCO1. The first-order valence-electron chi connectivity index (χ1n) is 9.96. The van der Waals surface area contributed by atoms with E-state index >= 15 is 0 Å². The molecule has 2 aromatic rings. The summed E-state index contributed by atoms with van der Waals surface area (Å²) in [7, 11) is 1.60. The van der Waals surface area contributed by atoms with Crippen molar-refractivity contribution in [1.29, 1.82) is 0 Å². The van der Waals surface area contributed by atoms with E-state index < -0.39 is 11.7 Å². The monoisotopic (exact) mass is 469 g/mol. The number of rotatable bonds is 10. The predicted octanol–water partition coefficient (Wildman–Crippen LogP) is 2.42. The minimum Gasteiger partial charge on any atom is -0.376 e. The van der Waals surface area contributed by atoms with Crippen molar-refractivity contribution in [3.8, 4) is 0 Å². The van der Waals surface area contributed by atoms with Crippen LogP contribution in [0.25, 0.3) is 0 Å². The molecule has 11 heteroatoms. The Bertz CT molecular complexity index is 915. The number of hydrogen-bond acceptors (Lipinski definition) is 6. The molecule has 0 bridgehead atoms. The standard InChI is InChI=1S/C20H25ClFN5O3S/c1-26(11-14-15(21)5-2-6-16(14)22)19(29)12-31-20-25-24-18(8-7-17(23)28)27(20)10-13-4-3-9-30-13/h2,5-6,13H,3-4,7-12H2,1H3,(H2,23,28)/t13-/m1/s1. The summed E-state index contributed by atoms with van der Waals surface area (Å²) in [6, 6.07) is 4.43. The second-order valence-corrected chi connectivity index (χ2v) is 8.70. The van der Waals surface area contributed by atoms with E-state index in [2.05, 4.69) is 10.2 Å². The molecule has 2 N–H and O–H groups in total. The van der Waals surface area contributed by atoms with Gasteiger partial charge in [-0.1, -0.05) is 29.4 Å². The van der Waals surface area contributed by atoms with Gasteiger partial charge in [-0.2, -0.15) is 0 Å². The maximum atomic E-state index is 14.0. The maximum Gasteiger partial charge on any atom is 0.233 e. The molecule has 0 saturated carbocycles. The number of halogens is 2. The first-order valence-corrected chi connectivity index (χ1v) is 11.3. The Hall–Kier alpha value is -2.17. The highest BCUT2D eigenvalue weighted by Gasteiger charge is 2.22. The Morgan fingerprint density at radius 1 is 1.42 bits per heavy atom. The summed E-state index contributed by atoms with van der Waals surface area (Å²) in [5.74, 6) is -0.327. The van der Waals surface area contributed by atoms with Crippen LogP contribution in [-0.4, -0.2) is 57.0 Å². The Kier molecular flexibility index (Phi) is 8.28. The molecule has 1 aliphatic rings. The summed E-state index contributed by atoms with van der Waals surface area (Å²) in [4.78, 5) is 25.2. The molecular formula is C20H25ClFN5O3S. The van der Waals surface area contributed by atoms with Gasteiger partial charge in [0.15, 0.2) is 5.16 Å². The molecule has 3 rings (SSSR count). The highest BCUT2D eigenvalue weighted by molar-refractivity contribution is 7.99. The zero-order chi connectivity index (χ0) is 22.4. The molecular weight excluding hydrogens is 445 g/mol. The van der Waals surface area contributed by atoms with Gasteiger partial charge in [-0.05, 0) is 25.0 Å². The number of thioether (sulfide) groups is 1. The molecule has 1 saturated heterocycles. The molecule has 1 aromatic carbocycles. The summed E-state index contributed by atoms with van der Waals surface area (Å²) in [5.41, 5.74) is 5.54. The van der Waals surface area contributed by atoms with E-state index in [9.17, 15) is 14.0 Å². The number of primary amides is 1. The van der Waals surface area contributed by atoms with Crippen molar-refractivity contribution < 1.29 is 18.7 Å². The van der Waals surface area contributed by atoms with Crippen LogP contribution in [0.3, 0.4) is 0 Å². The van der Waals surface area contributed by atoms with Crippen molar-refractivity contribution in [2.45, 2.75) is 50.0 Å². The minimum absolute atomic E-state index is 0.0456. The second kappa shape index (κ2) is 10.9. The van der Waals surface area contributed by atoms with Gasteiger partial charge in [-0.15, -0.1) is 10.2 Å². The molecule has 0 radical (unpaired) electrons. The van der Waals surface area contributed by atoms with Gasteiger partial charge in [0, 0.05) is 43.6 Å². The molecule has 2 heterocycles. The third-order valence-electron chi connectivity index (χ3n) is 5.01. The van der Waals surface area contributed by atoms with E-state index in [-0.39, 0.29) is 41.3 Å². The van der Waals surface area contributed by atoms with Crippen LogP contribution in [-0.2, 0) is 33.8 Å². The lowest BCUT2D eigenvalue weighted by atomic mass is 10.2. The van der Waals surface area contributed by atoms with E-state index in [0.717, 1.165) is 12.8 Å². The Morgan fingerprint density at radius 2 is 2.23 bits per heavy atom. The molecule has 0 unspecified atom stereocenters. The average molecular weight is 470 g/mol. The summed E-state index contributed by atoms with van der Waals surface area (Å²) in [5, 5.41) is 9.23. The summed E-state index contributed by atoms with van der Waals surface area (Å²) < 4.78 is 21.6. The van der Waals surface area contributed by atoms with Crippen molar-refractivity contribution >= 4 is 35.2 Å². The number of aromatic nitrogens is 3. The molecule has 8 nitrogen and oxygen atoms in total. The Balaban J connectivity index is 1.65. The van der Waals surface area contributed by atoms with E-state index in [0.29, 0.717) is 30.6 Å². The zero-order valence-electron chi connectivity index (χ0n) is 17.2. The molecule has 1 aromatic heterocycles. The maximum absolute atomic E-state index is 14.0. The van der Waals surface area contributed by atoms with E-state index in [1.54, 1.807) is 13.1 Å². The quantitative estimate of drug-likeness (QED) is 0.536. The van der Waals surface area contributed by atoms with Crippen molar-refractivity contribution in [3.63, 3.8) is 0 Å². The lowest BCUT2D eigenvalue weighted by Gasteiger charge is -2.19. The van der Waals surface area contributed by atoms with Crippen LogP contribution in [0.1, 0.15) is 30.7 Å². The molecule has 0 aliphatic carbocycles. The Labute approximate surface area is 189 Å². The van der Waals surface area contributed by atoms with E-state index in [1.807, 2.05) is 4.57 Å². The van der Waals surface area contributed by atoms with Gasteiger partial charge in [0.2, 0.25) is 11.8 Å². The van der Waals surface area contributed by atoms with Gasteiger partial charge in [-0.25, -0.2) is 4.39 Å². The number of benzene rings is 1. The molecule has 1 fully saturated rings. The average Bonchev–Trinajstić information content (AvgIpc) is 3.37. The summed E-state index contributed by atoms with van der Waals surface area (Å²) in [6.45, 7) is 1.34. The van der Waals surface area contributed by atoms with Crippen LogP contribution in [0.15, 0.2) is 23.4 Å². The van der Waals surface area contributed by atoms with Crippen LogP contribution in [0, 0.1) is 5.82 Å². The zero-order valence-corrected chi connectivity index (χ0v) is 18.8. The van der Waals surface area contributed by atoms with Crippen molar-refractivity contribution in [2.75, 3.05) is 19.4 Å². The second-order valence-electron chi connectivity index (χ2n) is 7.35. The molecule has 0 spiro atoms. The third-order valence-corrected chi connectivity index (χ3v) is 6.31. The first-order chi connectivity index (χ1) is 14.8.